The summed E-state index contributed by atoms with van der Waals surface area (Å²) in [6, 6.07) is 3.25. The smallest absolute Gasteiger partial charge is 0.254 e. The Bertz CT molecular complexity index is 453. The van der Waals surface area contributed by atoms with Crippen molar-refractivity contribution in [3.05, 3.63) is 28.7 Å². The standard InChI is InChI=1S/C20H35NO2/c1-3-5-7-9-11-13-18(14-12-10-8-6-4-2)21-16-15-19(22)17-20(21)23/h15-18,22H,3-14H2,1-2H3. The number of rotatable bonds is 13. The SMILES string of the molecule is CCCCCCCC(CCCCCCC)n1ccc(O)cc1=O. The van der Waals surface area contributed by atoms with Gasteiger partial charge < -0.3 is 9.67 Å². The summed E-state index contributed by atoms with van der Waals surface area (Å²) >= 11 is 0. The van der Waals surface area contributed by atoms with Crippen molar-refractivity contribution in [3.8, 4) is 5.75 Å². The molecule has 0 aliphatic heterocycles. The first-order valence-corrected chi connectivity index (χ1v) is 9.60. The average molecular weight is 322 g/mol. The van der Waals surface area contributed by atoms with E-state index in [0.717, 1.165) is 12.8 Å². The maximum absolute atomic E-state index is 12.2. The lowest BCUT2D eigenvalue weighted by Crippen LogP contribution is -2.23. The van der Waals surface area contributed by atoms with E-state index in [0.29, 0.717) is 0 Å². The van der Waals surface area contributed by atoms with Crippen LogP contribution >= 0.6 is 0 Å². The number of hydrogen-bond acceptors (Lipinski definition) is 2. The van der Waals surface area contributed by atoms with Crippen molar-refractivity contribution in [2.24, 2.45) is 0 Å². The van der Waals surface area contributed by atoms with E-state index in [9.17, 15) is 9.90 Å². The summed E-state index contributed by atoms with van der Waals surface area (Å²) in [5.74, 6) is 0.0656. The largest absolute Gasteiger partial charge is 0.508 e. The number of pyridine rings is 1. The van der Waals surface area contributed by atoms with Gasteiger partial charge in [-0.15, -0.1) is 0 Å². The second kappa shape index (κ2) is 12.2. The molecule has 0 bridgehead atoms. The molecule has 0 amide bonds. The minimum absolute atomic E-state index is 0.0656. The molecule has 3 nitrogen and oxygen atoms in total. The van der Waals surface area contributed by atoms with Gasteiger partial charge in [-0.1, -0.05) is 78.1 Å². The molecular formula is C20H35NO2. The molecule has 0 atom stereocenters. The van der Waals surface area contributed by atoms with E-state index >= 15 is 0 Å². The zero-order valence-electron chi connectivity index (χ0n) is 15.1. The maximum Gasteiger partial charge on any atom is 0.254 e. The molecule has 0 radical (unpaired) electrons. The lowest BCUT2D eigenvalue weighted by Gasteiger charge is -2.20. The van der Waals surface area contributed by atoms with E-state index < -0.39 is 0 Å². The predicted octanol–water partition coefficient (Wildman–Crippen LogP) is 5.82. The molecular weight excluding hydrogens is 286 g/mol. The topological polar surface area (TPSA) is 42.2 Å². The lowest BCUT2D eigenvalue weighted by atomic mass is 10.00. The van der Waals surface area contributed by atoms with Crippen LogP contribution in [0.15, 0.2) is 23.1 Å². The van der Waals surface area contributed by atoms with E-state index in [1.54, 1.807) is 12.3 Å². The minimum atomic E-state index is -0.0721. The second-order valence-corrected chi connectivity index (χ2v) is 6.69. The molecule has 1 aromatic heterocycles. The summed E-state index contributed by atoms with van der Waals surface area (Å²) in [5.41, 5.74) is -0.0721. The number of aromatic nitrogens is 1. The molecule has 132 valence electrons. The first kappa shape index (κ1) is 19.8. The molecule has 1 aromatic rings. The normalized spacial score (nSPS) is 11.3. The molecule has 0 unspecified atom stereocenters. The van der Waals surface area contributed by atoms with Crippen LogP contribution in [0.1, 0.15) is 96.9 Å². The summed E-state index contributed by atoms with van der Waals surface area (Å²) in [7, 11) is 0. The van der Waals surface area contributed by atoms with E-state index in [4.69, 9.17) is 0 Å². The van der Waals surface area contributed by atoms with Crippen molar-refractivity contribution >= 4 is 0 Å². The molecule has 1 heterocycles. The van der Waals surface area contributed by atoms with E-state index in [1.165, 1.54) is 70.3 Å². The Morgan fingerprint density at radius 3 is 1.91 bits per heavy atom. The Kier molecular flexibility index (Phi) is 10.5. The van der Waals surface area contributed by atoms with Crippen LogP contribution in [0.3, 0.4) is 0 Å². The number of hydrogen-bond donors (Lipinski definition) is 1. The Labute approximate surface area is 141 Å². The van der Waals surface area contributed by atoms with Crippen molar-refractivity contribution in [2.45, 2.75) is 96.9 Å². The number of nitrogens with zero attached hydrogens (tertiary/aromatic N) is 1. The highest BCUT2D eigenvalue weighted by Gasteiger charge is 2.12. The number of aromatic hydroxyl groups is 1. The zero-order valence-corrected chi connectivity index (χ0v) is 15.1. The lowest BCUT2D eigenvalue weighted by molar-refractivity contribution is 0.383. The molecule has 1 rings (SSSR count). The molecule has 23 heavy (non-hydrogen) atoms. The molecule has 1 N–H and O–H groups in total. The van der Waals surface area contributed by atoms with Crippen molar-refractivity contribution in [1.29, 1.82) is 0 Å². The van der Waals surface area contributed by atoms with E-state index in [-0.39, 0.29) is 17.4 Å². The van der Waals surface area contributed by atoms with Gasteiger partial charge in [0.05, 0.1) is 0 Å². The maximum atomic E-state index is 12.2. The molecule has 3 heteroatoms. The van der Waals surface area contributed by atoms with Gasteiger partial charge >= 0.3 is 0 Å². The highest BCUT2D eigenvalue weighted by atomic mass is 16.3. The molecule has 0 aliphatic carbocycles. The fourth-order valence-electron chi connectivity index (χ4n) is 3.17. The highest BCUT2D eigenvalue weighted by molar-refractivity contribution is 5.15. The minimum Gasteiger partial charge on any atom is -0.508 e. The quantitative estimate of drug-likeness (QED) is 0.465. The summed E-state index contributed by atoms with van der Waals surface area (Å²) in [4.78, 5) is 12.2. The van der Waals surface area contributed by atoms with Crippen LogP contribution in [0.25, 0.3) is 0 Å². The third kappa shape index (κ3) is 8.24. The Hall–Kier alpha value is -1.25. The summed E-state index contributed by atoms with van der Waals surface area (Å²) in [5, 5.41) is 9.45. The fraction of sp³-hybridized carbons (Fsp3) is 0.750. The molecule has 0 aromatic carbocycles. The van der Waals surface area contributed by atoms with Gasteiger partial charge in [0, 0.05) is 18.3 Å². The van der Waals surface area contributed by atoms with Gasteiger partial charge in [-0.05, 0) is 18.9 Å². The van der Waals surface area contributed by atoms with Gasteiger partial charge in [0.15, 0.2) is 0 Å². The first-order chi connectivity index (χ1) is 11.2. The van der Waals surface area contributed by atoms with E-state index in [1.807, 2.05) is 4.57 Å². The molecule has 0 fully saturated rings. The Balaban J connectivity index is 2.54. The van der Waals surface area contributed by atoms with Crippen LogP contribution < -0.4 is 5.56 Å². The van der Waals surface area contributed by atoms with Crippen LogP contribution in [0, 0.1) is 0 Å². The Morgan fingerprint density at radius 1 is 0.913 bits per heavy atom. The average Bonchev–Trinajstić information content (AvgIpc) is 2.53. The third-order valence-electron chi connectivity index (χ3n) is 4.61. The van der Waals surface area contributed by atoms with Crippen LogP contribution in [0.2, 0.25) is 0 Å². The van der Waals surface area contributed by atoms with Gasteiger partial charge in [-0.3, -0.25) is 4.79 Å². The first-order valence-electron chi connectivity index (χ1n) is 9.60. The molecule has 0 saturated carbocycles. The van der Waals surface area contributed by atoms with Gasteiger partial charge in [0.1, 0.15) is 5.75 Å². The fourth-order valence-corrected chi connectivity index (χ4v) is 3.17. The monoisotopic (exact) mass is 321 g/mol. The van der Waals surface area contributed by atoms with E-state index in [2.05, 4.69) is 13.8 Å². The van der Waals surface area contributed by atoms with Gasteiger partial charge in [-0.25, -0.2) is 0 Å². The second-order valence-electron chi connectivity index (χ2n) is 6.69. The predicted molar refractivity (Wildman–Crippen MR) is 98.2 cm³/mol. The molecule has 0 spiro atoms. The van der Waals surface area contributed by atoms with Crippen molar-refractivity contribution in [1.82, 2.24) is 4.57 Å². The third-order valence-corrected chi connectivity index (χ3v) is 4.61. The van der Waals surface area contributed by atoms with Crippen LogP contribution in [0.5, 0.6) is 5.75 Å². The van der Waals surface area contributed by atoms with Crippen LogP contribution in [-0.4, -0.2) is 9.67 Å². The van der Waals surface area contributed by atoms with Gasteiger partial charge in [0.25, 0.3) is 5.56 Å². The van der Waals surface area contributed by atoms with Gasteiger partial charge in [0.2, 0.25) is 0 Å². The Morgan fingerprint density at radius 2 is 1.43 bits per heavy atom. The number of unbranched alkanes of at least 4 members (excludes halogenated alkanes) is 8. The summed E-state index contributed by atoms with van der Waals surface area (Å²) < 4.78 is 1.83. The summed E-state index contributed by atoms with van der Waals surface area (Å²) in [6.45, 7) is 4.46. The highest BCUT2D eigenvalue weighted by Crippen LogP contribution is 2.23. The molecule has 0 saturated heterocycles. The van der Waals surface area contributed by atoms with Crippen molar-refractivity contribution in [3.63, 3.8) is 0 Å². The molecule has 0 aliphatic rings. The zero-order chi connectivity index (χ0) is 16.9. The van der Waals surface area contributed by atoms with Gasteiger partial charge in [-0.2, -0.15) is 0 Å². The van der Waals surface area contributed by atoms with Crippen LogP contribution in [-0.2, 0) is 0 Å². The summed E-state index contributed by atoms with van der Waals surface area (Å²) in [6.07, 6.45) is 16.5. The van der Waals surface area contributed by atoms with Crippen molar-refractivity contribution in [2.75, 3.05) is 0 Å². The van der Waals surface area contributed by atoms with Crippen molar-refractivity contribution < 1.29 is 5.11 Å². The van der Waals surface area contributed by atoms with Crippen LogP contribution in [0.4, 0.5) is 0 Å².